The minimum Gasteiger partial charge on any atom is -0.493 e. The molecule has 0 saturated carbocycles. The highest BCUT2D eigenvalue weighted by molar-refractivity contribution is 8.18. The summed E-state index contributed by atoms with van der Waals surface area (Å²) in [7, 11) is 1.34. The molecular formula is C24H15Cl2N3O8S. The Morgan fingerprint density at radius 2 is 1.63 bits per heavy atom. The number of hydrogen-bond acceptors (Lipinski definition) is 9. The van der Waals surface area contributed by atoms with Crippen LogP contribution in [0.25, 0.3) is 6.08 Å². The number of nitro groups is 2. The van der Waals surface area contributed by atoms with Crippen LogP contribution in [0.4, 0.5) is 16.2 Å². The molecule has 1 saturated heterocycles. The van der Waals surface area contributed by atoms with E-state index in [1.54, 1.807) is 24.3 Å². The van der Waals surface area contributed by atoms with E-state index in [9.17, 15) is 29.8 Å². The zero-order chi connectivity index (χ0) is 27.6. The van der Waals surface area contributed by atoms with Crippen LogP contribution < -0.4 is 9.47 Å². The molecule has 11 nitrogen and oxygen atoms in total. The van der Waals surface area contributed by atoms with E-state index in [0.29, 0.717) is 21.2 Å². The number of carbonyl (C=O) groups is 2. The molecule has 4 rings (SSSR count). The van der Waals surface area contributed by atoms with Crippen LogP contribution in [0.15, 0.2) is 59.5 Å². The summed E-state index contributed by atoms with van der Waals surface area (Å²) in [5, 5.41) is 22.5. The fourth-order valence-corrected chi connectivity index (χ4v) is 4.81. The predicted octanol–water partition coefficient (Wildman–Crippen LogP) is 6.85. The normalized spacial score (nSPS) is 14.2. The van der Waals surface area contributed by atoms with E-state index >= 15 is 0 Å². The number of thioether (sulfide) groups is 1. The monoisotopic (exact) mass is 575 g/mol. The van der Waals surface area contributed by atoms with E-state index in [2.05, 4.69) is 0 Å². The van der Waals surface area contributed by atoms with Gasteiger partial charge in [0, 0.05) is 21.7 Å². The standard InChI is InChI=1S/C24H15Cl2N3O8S/c1-36-21-9-13(5-7-20(21)37-19-8-6-14(28(32)33)11-18(19)29(34)35)10-22-23(30)27(24(31)38-22)12-15-16(25)3-2-4-17(15)26/h2-11H,12H2,1H3/b22-10-. The van der Waals surface area contributed by atoms with Gasteiger partial charge in [0.1, 0.15) is 0 Å². The van der Waals surface area contributed by atoms with Crippen molar-refractivity contribution in [3.05, 3.63) is 101 Å². The van der Waals surface area contributed by atoms with Crippen molar-refractivity contribution in [3.63, 3.8) is 0 Å². The van der Waals surface area contributed by atoms with Crippen LogP contribution in [0.2, 0.25) is 10.0 Å². The Morgan fingerprint density at radius 1 is 0.947 bits per heavy atom. The number of nitrogens with zero attached hydrogens (tertiary/aromatic N) is 3. The lowest BCUT2D eigenvalue weighted by Crippen LogP contribution is -2.27. The largest absolute Gasteiger partial charge is 0.493 e. The molecule has 2 amide bonds. The summed E-state index contributed by atoms with van der Waals surface area (Å²) in [5.41, 5.74) is -0.133. The van der Waals surface area contributed by atoms with Gasteiger partial charge in [-0.1, -0.05) is 35.3 Å². The van der Waals surface area contributed by atoms with Crippen LogP contribution in [-0.4, -0.2) is 33.0 Å². The molecule has 1 fully saturated rings. The van der Waals surface area contributed by atoms with Crippen molar-refractivity contribution in [2.24, 2.45) is 0 Å². The van der Waals surface area contributed by atoms with E-state index in [1.807, 2.05) is 0 Å². The van der Waals surface area contributed by atoms with Crippen LogP contribution >= 0.6 is 35.0 Å². The van der Waals surface area contributed by atoms with Gasteiger partial charge in [0.15, 0.2) is 11.5 Å². The van der Waals surface area contributed by atoms with Crippen LogP contribution in [0.3, 0.4) is 0 Å². The molecule has 1 heterocycles. The molecule has 0 atom stereocenters. The second-order valence-electron chi connectivity index (χ2n) is 7.65. The molecule has 1 aliphatic rings. The molecule has 0 bridgehead atoms. The summed E-state index contributed by atoms with van der Waals surface area (Å²) in [6, 6.07) is 12.4. The van der Waals surface area contributed by atoms with Crippen molar-refractivity contribution in [1.29, 1.82) is 0 Å². The van der Waals surface area contributed by atoms with E-state index in [-0.39, 0.29) is 28.7 Å². The molecule has 38 heavy (non-hydrogen) atoms. The average Bonchev–Trinajstić information content (AvgIpc) is 3.14. The molecule has 1 aliphatic heterocycles. The molecule has 14 heteroatoms. The zero-order valence-corrected chi connectivity index (χ0v) is 21.6. The molecule has 3 aromatic rings. The molecule has 0 N–H and O–H groups in total. The van der Waals surface area contributed by atoms with Crippen molar-refractivity contribution < 1.29 is 28.9 Å². The van der Waals surface area contributed by atoms with Crippen molar-refractivity contribution in [2.75, 3.05) is 7.11 Å². The van der Waals surface area contributed by atoms with Gasteiger partial charge in [-0.2, -0.15) is 0 Å². The first-order valence-corrected chi connectivity index (χ1v) is 12.1. The second kappa shape index (κ2) is 11.1. The maximum Gasteiger partial charge on any atom is 0.318 e. The van der Waals surface area contributed by atoms with Crippen molar-refractivity contribution in [1.82, 2.24) is 4.90 Å². The lowest BCUT2D eigenvalue weighted by molar-refractivity contribution is -0.394. The number of nitro benzene ring substituents is 2. The van der Waals surface area contributed by atoms with Crippen LogP contribution in [-0.2, 0) is 11.3 Å². The van der Waals surface area contributed by atoms with Crippen LogP contribution in [0, 0.1) is 20.2 Å². The van der Waals surface area contributed by atoms with Gasteiger partial charge in [-0.25, -0.2) is 0 Å². The number of rotatable bonds is 8. The maximum absolute atomic E-state index is 12.9. The number of imide groups is 1. The van der Waals surface area contributed by atoms with E-state index in [1.165, 1.54) is 25.3 Å². The average molecular weight is 576 g/mol. The van der Waals surface area contributed by atoms with Gasteiger partial charge in [-0.15, -0.1) is 0 Å². The van der Waals surface area contributed by atoms with Crippen molar-refractivity contribution in [2.45, 2.75) is 6.54 Å². The fourth-order valence-electron chi connectivity index (χ4n) is 3.45. The van der Waals surface area contributed by atoms with Crippen molar-refractivity contribution >= 4 is 63.6 Å². The third-order valence-electron chi connectivity index (χ3n) is 5.31. The van der Waals surface area contributed by atoms with Gasteiger partial charge in [-0.05, 0) is 53.7 Å². The number of non-ortho nitro benzene ring substituents is 1. The van der Waals surface area contributed by atoms with Crippen LogP contribution in [0.1, 0.15) is 11.1 Å². The van der Waals surface area contributed by atoms with Gasteiger partial charge < -0.3 is 9.47 Å². The number of amides is 2. The predicted molar refractivity (Wildman–Crippen MR) is 141 cm³/mol. The van der Waals surface area contributed by atoms with Gasteiger partial charge in [0.05, 0.1) is 34.5 Å². The Balaban J connectivity index is 1.59. The molecular weight excluding hydrogens is 561 g/mol. The third kappa shape index (κ3) is 5.57. The van der Waals surface area contributed by atoms with E-state index in [4.69, 9.17) is 32.7 Å². The summed E-state index contributed by atoms with van der Waals surface area (Å²) in [5.74, 6) is -0.515. The van der Waals surface area contributed by atoms with E-state index < -0.39 is 32.4 Å². The molecule has 0 spiro atoms. The maximum atomic E-state index is 12.9. The lowest BCUT2D eigenvalue weighted by Gasteiger charge is -2.14. The Bertz CT molecular complexity index is 1510. The van der Waals surface area contributed by atoms with Crippen molar-refractivity contribution in [3.8, 4) is 17.2 Å². The minimum absolute atomic E-state index is 0.0862. The summed E-state index contributed by atoms with van der Waals surface area (Å²) in [6.45, 7) is -0.0926. The molecule has 3 aromatic carbocycles. The highest BCUT2D eigenvalue weighted by atomic mass is 35.5. The Hall–Kier alpha value is -4.13. The van der Waals surface area contributed by atoms with Gasteiger partial charge >= 0.3 is 5.69 Å². The molecule has 0 unspecified atom stereocenters. The topological polar surface area (TPSA) is 142 Å². The highest BCUT2D eigenvalue weighted by Gasteiger charge is 2.35. The second-order valence-corrected chi connectivity index (χ2v) is 9.45. The first-order chi connectivity index (χ1) is 18.1. The molecule has 0 aromatic heterocycles. The summed E-state index contributed by atoms with van der Waals surface area (Å²) in [4.78, 5) is 47.5. The van der Waals surface area contributed by atoms with Gasteiger partial charge in [-0.3, -0.25) is 34.7 Å². The smallest absolute Gasteiger partial charge is 0.318 e. The Morgan fingerprint density at radius 3 is 2.26 bits per heavy atom. The number of benzene rings is 3. The number of ether oxygens (including phenoxy) is 2. The molecule has 0 radical (unpaired) electrons. The van der Waals surface area contributed by atoms with E-state index in [0.717, 1.165) is 34.9 Å². The fraction of sp³-hybridized carbons (Fsp3) is 0.0833. The van der Waals surface area contributed by atoms with Gasteiger partial charge in [0.2, 0.25) is 5.75 Å². The zero-order valence-electron chi connectivity index (χ0n) is 19.3. The SMILES string of the molecule is COc1cc(/C=C2\SC(=O)N(Cc3c(Cl)cccc3Cl)C2=O)ccc1Oc1ccc([N+](=O)[O-])cc1[N+](=O)[O-]. The molecule has 0 aliphatic carbocycles. The summed E-state index contributed by atoms with van der Waals surface area (Å²) < 4.78 is 11.0. The Labute approximate surface area is 228 Å². The summed E-state index contributed by atoms with van der Waals surface area (Å²) >= 11 is 13.1. The quantitative estimate of drug-likeness (QED) is 0.160. The first kappa shape index (κ1) is 26.9. The minimum atomic E-state index is -0.797. The van der Waals surface area contributed by atoms with Gasteiger partial charge in [0.25, 0.3) is 16.8 Å². The first-order valence-electron chi connectivity index (χ1n) is 10.6. The Kier molecular flexibility index (Phi) is 7.86. The summed E-state index contributed by atoms with van der Waals surface area (Å²) in [6.07, 6.45) is 1.49. The van der Waals surface area contributed by atoms with Crippen LogP contribution in [0.5, 0.6) is 17.2 Å². The highest BCUT2D eigenvalue weighted by Crippen LogP contribution is 2.40. The number of halogens is 2. The number of methoxy groups -OCH3 is 1. The molecule has 194 valence electrons. The number of hydrogen-bond donors (Lipinski definition) is 0. The number of carbonyl (C=O) groups excluding carboxylic acids is 2. The lowest BCUT2D eigenvalue weighted by atomic mass is 10.1. The third-order valence-corrected chi connectivity index (χ3v) is 6.92.